The third kappa shape index (κ3) is 5.90. The van der Waals surface area contributed by atoms with Crippen molar-refractivity contribution >= 4 is 56.6 Å². The van der Waals surface area contributed by atoms with Gasteiger partial charge in [0.2, 0.25) is 0 Å². The molecule has 0 spiro atoms. The quantitative estimate of drug-likeness (QED) is 0.0964. The van der Waals surface area contributed by atoms with Crippen LogP contribution in [0.5, 0.6) is 0 Å². The zero-order valence-corrected chi connectivity index (χ0v) is 19.7. The fourth-order valence-electron chi connectivity index (χ4n) is 3.12. The van der Waals surface area contributed by atoms with Crippen molar-refractivity contribution in [2.24, 2.45) is 5.73 Å². The molecule has 5 N–H and O–H groups in total. The molecule has 164 valence electrons. The Morgan fingerprint density at radius 2 is 2.27 bits per heavy atom. The molecule has 2 aromatic heterocycles. The second-order valence-corrected chi connectivity index (χ2v) is 9.25. The summed E-state index contributed by atoms with van der Waals surface area (Å²) < 4.78 is 29.4. The van der Waals surface area contributed by atoms with Gasteiger partial charge >= 0.3 is 0 Å². The highest BCUT2D eigenvalue weighted by Gasteiger charge is 2.38. The molecule has 0 amide bonds. The molecule has 30 heavy (non-hydrogen) atoms. The summed E-state index contributed by atoms with van der Waals surface area (Å²) in [6.07, 6.45) is 2.73. The van der Waals surface area contributed by atoms with Gasteiger partial charge in [-0.1, -0.05) is 0 Å². The second-order valence-electron chi connectivity index (χ2n) is 6.09. The topological polar surface area (TPSA) is 149 Å². The Kier molecular flexibility index (Phi) is 9.30. The van der Waals surface area contributed by atoms with Crippen molar-refractivity contribution in [1.29, 1.82) is 0 Å². The molecule has 15 heteroatoms. The van der Waals surface area contributed by atoms with E-state index in [1.165, 1.54) is 6.33 Å². The monoisotopic (exact) mass is 493 g/mol. The van der Waals surface area contributed by atoms with Gasteiger partial charge in [0, 0.05) is 18.7 Å². The lowest BCUT2D eigenvalue weighted by atomic mass is 10.2. The number of ether oxygens (including phenoxy) is 2. The van der Waals surface area contributed by atoms with Gasteiger partial charge in [-0.05, 0) is 12.8 Å². The van der Waals surface area contributed by atoms with E-state index in [-0.39, 0.29) is 48.5 Å². The highest BCUT2D eigenvalue weighted by Crippen LogP contribution is 2.38. The van der Waals surface area contributed by atoms with Crippen LogP contribution in [0.2, 0.25) is 0 Å². The molecule has 7 atom stereocenters. The van der Waals surface area contributed by atoms with E-state index in [4.69, 9.17) is 39.0 Å². The first kappa shape index (κ1) is 23.8. The molecule has 0 aromatic carbocycles. The number of hydrogen-bond acceptors (Lipinski definition) is 11. The second kappa shape index (κ2) is 11.7. The average molecular weight is 493 g/mol. The zero-order chi connectivity index (χ0) is 21.5. The average Bonchev–Trinajstić information content (AvgIpc) is 3.27. The van der Waals surface area contributed by atoms with Crippen LogP contribution in [0.25, 0.3) is 11.0 Å². The molecule has 0 bridgehead atoms. The van der Waals surface area contributed by atoms with Crippen molar-refractivity contribution in [1.82, 2.24) is 14.5 Å². The van der Waals surface area contributed by atoms with Crippen molar-refractivity contribution in [2.75, 3.05) is 12.3 Å². The Hall–Kier alpha value is -0.820. The Morgan fingerprint density at radius 3 is 3.00 bits per heavy atom. The number of fused-ring (bicyclic) bond motifs is 1. The van der Waals surface area contributed by atoms with Crippen molar-refractivity contribution in [3.05, 3.63) is 18.1 Å². The van der Waals surface area contributed by atoms with Gasteiger partial charge in [-0.3, -0.25) is 8.62 Å². The van der Waals surface area contributed by atoms with Crippen LogP contribution in [0, 0.1) is 12.0 Å². The molecule has 1 aliphatic rings. The largest absolute Gasteiger partial charge is 0.383 e. The third-order valence-corrected chi connectivity index (χ3v) is 5.96. The molecule has 3 heterocycles. The van der Waals surface area contributed by atoms with Gasteiger partial charge < -0.3 is 34.9 Å². The number of hydrogen-bond donors (Lipinski definition) is 4. The van der Waals surface area contributed by atoms with E-state index in [2.05, 4.69) is 34.6 Å². The summed E-state index contributed by atoms with van der Waals surface area (Å²) in [6, 6.07) is 2.39. The van der Waals surface area contributed by atoms with E-state index in [0.29, 0.717) is 28.8 Å². The lowest BCUT2D eigenvalue weighted by molar-refractivity contribution is -0.0571. The lowest BCUT2D eigenvalue weighted by Gasteiger charge is -2.20. The van der Waals surface area contributed by atoms with Crippen LogP contribution in [0.3, 0.4) is 0 Å². The van der Waals surface area contributed by atoms with Crippen LogP contribution >= 0.6 is 39.7 Å². The highest BCUT2D eigenvalue weighted by molar-refractivity contribution is 7.80. The van der Waals surface area contributed by atoms with E-state index in [1.54, 1.807) is 6.20 Å². The van der Waals surface area contributed by atoms with Gasteiger partial charge in [0.1, 0.15) is 30.1 Å². The summed E-state index contributed by atoms with van der Waals surface area (Å²) in [7, 11) is -1.15. The number of rotatable bonds is 10. The Labute approximate surface area is 184 Å². The maximum Gasteiger partial charge on any atom is 0.167 e. The summed E-state index contributed by atoms with van der Waals surface area (Å²) in [5, 5.41) is 0.624. The van der Waals surface area contributed by atoms with Gasteiger partial charge in [-0.25, -0.2) is 9.97 Å². The first-order valence-corrected chi connectivity index (χ1v) is 11.7. The highest BCUT2D eigenvalue weighted by atomic mass is 32.1. The SMILES string of the molecule is C[C@H](S)OC1CC(n2cc(C#CN)c3c(N)ncnc32)OC1COPOPOPO. The molecule has 1 saturated heterocycles. The molecule has 1 fully saturated rings. The minimum Gasteiger partial charge on any atom is -0.383 e. The van der Waals surface area contributed by atoms with Gasteiger partial charge in [0.05, 0.1) is 29.1 Å². The number of nitrogen functional groups attached to an aromatic ring is 1. The smallest absolute Gasteiger partial charge is 0.167 e. The van der Waals surface area contributed by atoms with E-state index in [0.717, 1.165) is 0 Å². The van der Waals surface area contributed by atoms with E-state index in [9.17, 15) is 0 Å². The Balaban J connectivity index is 1.76. The third-order valence-electron chi connectivity index (χ3n) is 4.19. The number of nitrogens with two attached hydrogens (primary N) is 2. The molecule has 0 radical (unpaired) electrons. The van der Waals surface area contributed by atoms with Crippen LogP contribution in [0.15, 0.2) is 12.5 Å². The van der Waals surface area contributed by atoms with Gasteiger partial charge in [0.25, 0.3) is 0 Å². The fraction of sp³-hybridized carbons (Fsp3) is 0.467. The van der Waals surface area contributed by atoms with Crippen LogP contribution < -0.4 is 11.5 Å². The maximum atomic E-state index is 8.60. The lowest BCUT2D eigenvalue weighted by Crippen LogP contribution is -2.29. The summed E-state index contributed by atoms with van der Waals surface area (Å²) in [5.41, 5.74) is 12.4. The normalized spacial score (nSPS) is 23.4. The molecule has 0 saturated carbocycles. The van der Waals surface area contributed by atoms with Crippen LogP contribution in [-0.2, 0) is 22.6 Å². The van der Waals surface area contributed by atoms with Crippen molar-refractivity contribution in [3.8, 4) is 12.0 Å². The minimum atomic E-state index is -0.615. The molecule has 2 aromatic rings. The molecular weight excluding hydrogens is 471 g/mol. The van der Waals surface area contributed by atoms with E-state index >= 15 is 0 Å². The molecule has 3 rings (SSSR count). The fourth-order valence-corrected chi connectivity index (χ4v) is 4.57. The van der Waals surface area contributed by atoms with Gasteiger partial charge in [-0.15, -0.1) is 12.6 Å². The molecule has 6 unspecified atom stereocenters. The Morgan fingerprint density at radius 1 is 1.43 bits per heavy atom. The van der Waals surface area contributed by atoms with Gasteiger partial charge in [0.15, 0.2) is 27.1 Å². The zero-order valence-electron chi connectivity index (χ0n) is 15.8. The van der Waals surface area contributed by atoms with Crippen molar-refractivity contribution in [2.45, 2.75) is 37.2 Å². The van der Waals surface area contributed by atoms with E-state index in [1.807, 2.05) is 11.5 Å². The van der Waals surface area contributed by atoms with Gasteiger partial charge in [-0.2, -0.15) is 0 Å². The first-order valence-electron chi connectivity index (χ1n) is 8.69. The van der Waals surface area contributed by atoms with Crippen LogP contribution in [0.1, 0.15) is 25.1 Å². The standard InChI is InChI=1S/C15H22N5O6P3S/c1-8(30)23-10-4-12(24-11(10)6-22-28-26-29-25-27-21)20-5-9(2-3-16)13-14(17)18-7-19-15(13)20/h5,7-8,10-12,21,27-30H,4,6,16H2,1H3,(H2,17,18,19)/t8-,10?,11?,12?/m0/s1. The number of thiol groups is 1. The molecule has 11 nitrogen and oxygen atoms in total. The summed E-state index contributed by atoms with van der Waals surface area (Å²) in [6.45, 7) is 2.08. The summed E-state index contributed by atoms with van der Waals surface area (Å²) in [5.74, 6) is 3.14. The predicted octanol–water partition coefficient (Wildman–Crippen LogP) is 1.80. The van der Waals surface area contributed by atoms with Crippen molar-refractivity contribution < 1.29 is 27.5 Å². The van der Waals surface area contributed by atoms with Crippen LogP contribution in [-0.4, -0.2) is 43.7 Å². The minimum absolute atomic E-state index is 0.248. The summed E-state index contributed by atoms with van der Waals surface area (Å²) >= 11 is 4.33. The summed E-state index contributed by atoms with van der Waals surface area (Å²) in [4.78, 5) is 17.0. The maximum absolute atomic E-state index is 8.60. The first-order chi connectivity index (χ1) is 14.5. The number of aromatic nitrogens is 3. The molecular formula is C15H22N5O6P3S. The van der Waals surface area contributed by atoms with Crippen molar-refractivity contribution in [3.63, 3.8) is 0 Å². The number of nitrogens with zero attached hydrogens (tertiary/aromatic N) is 3. The predicted molar refractivity (Wildman–Crippen MR) is 120 cm³/mol. The van der Waals surface area contributed by atoms with Crippen LogP contribution in [0.4, 0.5) is 5.82 Å². The number of anilines is 1. The van der Waals surface area contributed by atoms with E-state index < -0.39 is 9.03 Å². The Bertz CT molecular complexity index is 910. The molecule has 1 aliphatic heterocycles. The molecule has 0 aliphatic carbocycles.